The summed E-state index contributed by atoms with van der Waals surface area (Å²) in [6, 6.07) is 4.95. The van der Waals surface area contributed by atoms with Crippen molar-refractivity contribution < 1.29 is 13.2 Å². The summed E-state index contributed by atoms with van der Waals surface area (Å²) in [5, 5.41) is 3.17. The third-order valence-corrected chi connectivity index (χ3v) is 6.25. The highest BCUT2D eigenvalue weighted by Gasteiger charge is 2.31. The Bertz CT molecular complexity index is 556. The number of nitrogens with zero attached hydrogens (tertiary/aromatic N) is 1. The molecule has 0 spiro atoms. The first-order valence-electron chi connectivity index (χ1n) is 5.99. The third kappa shape index (κ3) is 2.94. The van der Waals surface area contributed by atoms with Crippen molar-refractivity contribution in [2.24, 2.45) is 0 Å². The molecule has 1 heterocycles. The van der Waals surface area contributed by atoms with Crippen molar-refractivity contribution in [2.75, 3.05) is 27.2 Å². The molecule has 1 aromatic carbocycles. The molecular weight excluding hydrogens is 332 g/mol. The molecule has 0 bridgehead atoms. The van der Waals surface area contributed by atoms with Gasteiger partial charge in [-0.1, -0.05) is 0 Å². The summed E-state index contributed by atoms with van der Waals surface area (Å²) in [5.41, 5.74) is 0. The monoisotopic (exact) mass is 348 g/mol. The van der Waals surface area contributed by atoms with Crippen LogP contribution in [0.4, 0.5) is 0 Å². The zero-order valence-electron chi connectivity index (χ0n) is 10.9. The Balaban J connectivity index is 2.38. The second-order valence-electron chi connectivity index (χ2n) is 4.46. The highest BCUT2D eigenvalue weighted by molar-refractivity contribution is 9.10. The van der Waals surface area contributed by atoms with Gasteiger partial charge in [-0.05, 0) is 41.0 Å². The number of sulfonamides is 1. The topological polar surface area (TPSA) is 58.6 Å². The van der Waals surface area contributed by atoms with Gasteiger partial charge < -0.3 is 10.1 Å². The third-order valence-electron chi connectivity index (χ3n) is 3.34. The SMILES string of the molecule is COc1ccc(Br)c(S(=O)(=O)N(C)C2CCNC2)c1. The van der Waals surface area contributed by atoms with E-state index in [-0.39, 0.29) is 10.9 Å². The number of hydrogen-bond donors (Lipinski definition) is 1. The molecule has 0 radical (unpaired) electrons. The summed E-state index contributed by atoms with van der Waals surface area (Å²) in [4.78, 5) is 0.237. The van der Waals surface area contributed by atoms with Crippen LogP contribution < -0.4 is 10.1 Å². The van der Waals surface area contributed by atoms with Crippen LogP contribution >= 0.6 is 15.9 Å². The minimum atomic E-state index is -3.52. The lowest BCUT2D eigenvalue weighted by molar-refractivity contribution is 0.386. The normalized spacial score (nSPS) is 19.9. The zero-order valence-corrected chi connectivity index (χ0v) is 13.3. The van der Waals surface area contributed by atoms with Crippen LogP contribution in [-0.2, 0) is 10.0 Å². The number of likely N-dealkylation sites (N-methyl/N-ethyl adjacent to an activating group) is 1. The molecule has 1 atom stereocenters. The summed E-state index contributed by atoms with van der Waals surface area (Å²) in [5.74, 6) is 0.528. The smallest absolute Gasteiger partial charge is 0.244 e. The summed E-state index contributed by atoms with van der Waals surface area (Å²) in [6.45, 7) is 1.54. The van der Waals surface area contributed by atoms with Gasteiger partial charge in [-0.15, -0.1) is 0 Å². The maximum Gasteiger partial charge on any atom is 0.244 e. The van der Waals surface area contributed by atoms with Gasteiger partial charge in [0, 0.05) is 30.2 Å². The van der Waals surface area contributed by atoms with Gasteiger partial charge in [0.2, 0.25) is 10.0 Å². The molecule has 0 saturated carbocycles. The molecule has 19 heavy (non-hydrogen) atoms. The first-order chi connectivity index (χ1) is 8.96. The van der Waals surface area contributed by atoms with E-state index in [0.29, 0.717) is 16.8 Å². The van der Waals surface area contributed by atoms with Crippen LogP contribution in [0.3, 0.4) is 0 Å². The summed E-state index contributed by atoms with van der Waals surface area (Å²) >= 11 is 3.30. The molecule has 1 unspecified atom stereocenters. The maximum atomic E-state index is 12.6. The largest absolute Gasteiger partial charge is 0.497 e. The van der Waals surface area contributed by atoms with Crippen LogP contribution in [0.2, 0.25) is 0 Å². The van der Waals surface area contributed by atoms with E-state index in [2.05, 4.69) is 21.2 Å². The Kier molecular flexibility index (Phi) is 4.50. The lowest BCUT2D eigenvalue weighted by Crippen LogP contribution is -2.38. The van der Waals surface area contributed by atoms with E-state index in [1.807, 2.05) is 0 Å². The van der Waals surface area contributed by atoms with E-state index in [4.69, 9.17) is 4.74 Å². The highest BCUT2D eigenvalue weighted by Crippen LogP contribution is 2.29. The Hall–Kier alpha value is -0.630. The predicted octanol–water partition coefficient (Wildman–Crippen LogP) is 1.44. The Labute approximate surface area is 122 Å². The molecule has 1 aliphatic heterocycles. The molecule has 2 rings (SSSR count). The van der Waals surface area contributed by atoms with Gasteiger partial charge >= 0.3 is 0 Å². The Morgan fingerprint density at radius 1 is 1.47 bits per heavy atom. The Morgan fingerprint density at radius 3 is 2.79 bits per heavy atom. The lowest BCUT2D eigenvalue weighted by atomic mass is 10.3. The van der Waals surface area contributed by atoms with Gasteiger partial charge in [-0.3, -0.25) is 0 Å². The number of halogens is 1. The van der Waals surface area contributed by atoms with Crippen molar-refractivity contribution >= 4 is 26.0 Å². The number of ether oxygens (including phenoxy) is 1. The molecule has 0 amide bonds. The molecule has 1 aliphatic rings. The van der Waals surface area contributed by atoms with Gasteiger partial charge in [-0.2, -0.15) is 4.31 Å². The van der Waals surface area contributed by atoms with E-state index in [9.17, 15) is 8.42 Å². The number of hydrogen-bond acceptors (Lipinski definition) is 4. The van der Waals surface area contributed by atoms with Crippen molar-refractivity contribution in [1.29, 1.82) is 0 Å². The second-order valence-corrected chi connectivity index (χ2v) is 7.28. The fourth-order valence-electron chi connectivity index (χ4n) is 2.11. The van der Waals surface area contributed by atoms with Gasteiger partial charge in [0.25, 0.3) is 0 Å². The molecule has 1 N–H and O–H groups in total. The van der Waals surface area contributed by atoms with Crippen molar-refractivity contribution in [3.8, 4) is 5.75 Å². The zero-order chi connectivity index (χ0) is 14.0. The second kappa shape index (κ2) is 5.78. The minimum absolute atomic E-state index is 0.00287. The molecule has 106 valence electrons. The highest BCUT2D eigenvalue weighted by atomic mass is 79.9. The standard InChI is InChI=1S/C12H17BrN2O3S/c1-15(9-5-6-14-8-9)19(16,17)12-7-10(18-2)3-4-11(12)13/h3-4,7,9,14H,5-6,8H2,1-2H3. The van der Waals surface area contributed by atoms with E-state index in [1.165, 1.54) is 17.5 Å². The molecule has 0 aromatic heterocycles. The van der Waals surface area contributed by atoms with Gasteiger partial charge in [0.15, 0.2) is 0 Å². The van der Waals surface area contributed by atoms with Crippen LogP contribution in [0.1, 0.15) is 6.42 Å². The fraction of sp³-hybridized carbons (Fsp3) is 0.500. The molecular formula is C12H17BrN2O3S. The van der Waals surface area contributed by atoms with Crippen molar-refractivity contribution in [1.82, 2.24) is 9.62 Å². The van der Waals surface area contributed by atoms with Crippen LogP contribution in [0.15, 0.2) is 27.6 Å². The van der Waals surface area contributed by atoms with Crippen molar-refractivity contribution in [3.05, 3.63) is 22.7 Å². The average Bonchev–Trinajstić information content (AvgIpc) is 2.92. The van der Waals surface area contributed by atoms with Crippen LogP contribution in [0.5, 0.6) is 5.75 Å². The molecule has 5 nitrogen and oxygen atoms in total. The molecule has 1 saturated heterocycles. The van der Waals surface area contributed by atoms with E-state index < -0.39 is 10.0 Å². The number of benzene rings is 1. The van der Waals surface area contributed by atoms with Crippen LogP contribution in [0.25, 0.3) is 0 Å². The number of methoxy groups -OCH3 is 1. The first kappa shape index (κ1) is 14.8. The van der Waals surface area contributed by atoms with E-state index >= 15 is 0 Å². The summed E-state index contributed by atoms with van der Waals surface area (Å²) in [7, 11) is -0.377. The predicted molar refractivity (Wildman–Crippen MR) is 76.9 cm³/mol. The van der Waals surface area contributed by atoms with Crippen molar-refractivity contribution in [3.63, 3.8) is 0 Å². The number of nitrogens with one attached hydrogen (secondary N) is 1. The first-order valence-corrected chi connectivity index (χ1v) is 8.22. The number of rotatable bonds is 4. The van der Waals surface area contributed by atoms with E-state index in [0.717, 1.165) is 13.0 Å². The van der Waals surface area contributed by atoms with Gasteiger partial charge in [-0.25, -0.2) is 8.42 Å². The van der Waals surface area contributed by atoms with Gasteiger partial charge in [0.1, 0.15) is 10.6 Å². The molecule has 0 aliphatic carbocycles. The minimum Gasteiger partial charge on any atom is -0.497 e. The quantitative estimate of drug-likeness (QED) is 0.894. The van der Waals surface area contributed by atoms with Crippen LogP contribution in [-0.4, -0.2) is 46.0 Å². The summed E-state index contributed by atoms with van der Waals surface area (Å²) < 4.78 is 32.3. The van der Waals surface area contributed by atoms with Gasteiger partial charge in [0.05, 0.1) is 7.11 Å². The average molecular weight is 349 g/mol. The Morgan fingerprint density at radius 2 is 2.21 bits per heavy atom. The van der Waals surface area contributed by atoms with E-state index in [1.54, 1.807) is 19.2 Å². The molecule has 7 heteroatoms. The molecule has 1 fully saturated rings. The molecule has 1 aromatic rings. The lowest BCUT2D eigenvalue weighted by Gasteiger charge is -2.23. The van der Waals surface area contributed by atoms with Crippen molar-refractivity contribution in [2.45, 2.75) is 17.4 Å². The summed E-state index contributed by atoms with van der Waals surface area (Å²) in [6.07, 6.45) is 0.831. The fourth-order valence-corrected chi connectivity index (χ4v) is 4.43. The van der Waals surface area contributed by atoms with Crippen LogP contribution in [0, 0.1) is 0 Å². The maximum absolute atomic E-state index is 12.6.